The summed E-state index contributed by atoms with van der Waals surface area (Å²) in [5, 5.41) is 3.75. The first kappa shape index (κ1) is 13.9. The molecule has 3 aromatic rings. The summed E-state index contributed by atoms with van der Waals surface area (Å²) < 4.78 is 15.6. The molecule has 0 aliphatic heterocycles. The van der Waals surface area contributed by atoms with Crippen molar-refractivity contribution in [1.29, 1.82) is 0 Å². The zero-order chi connectivity index (χ0) is 15.4. The summed E-state index contributed by atoms with van der Waals surface area (Å²) in [6.45, 7) is 0. The van der Waals surface area contributed by atoms with Gasteiger partial charge in [0, 0.05) is 11.6 Å². The van der Waals surface area contributed by atoms with Crippen molar-refractivity contribution in [1.82, 2.24) is 5.16 Å². The minimum atomic E-state index is -0.601. The van der Waals surface area contributed by atoms with Crippen molar-refractivity contribution in [3.63, 3.8) is 0 Å². The van der Waals surface area contributed by atoms with Crippen molar-refractivity contribution in [3.05, 3.63) is 66.4 Å². The van der Waals surface area contributed by atoms with Gasteiger partial charge in [-0.05, 0) is 12.1 Å². The third kappa shape index (κ3) is 2.83. The first-order valence-electron chi connectivity index (χ1n) is 6.65. The van der Waals surface area contributed by atoms with E-state index in [1.807, 2.05) is 30.3 Å². The Morgan fingerprint density at radius 1 is 1.00 bits per heavy atom. The number of carbonyl (C=O) groups excluding carboxylic acids is 1. The third-order valence-corrected chi connectivity index (χ3v) is 3.05. The SMILES string of the molecule is COc1ccccc1OC(=O)c1cc(-c2ccccc2)on1. The van der Waals surface area contributed by atoms with Gasteiger partial charge >= 0.3 is 5.97 Å². The molecule has 5 heteroatoms. The topological polar surface area (TPSA) is 61.6 Å². The number of esters is 1. The van der Waals surface area contributed by atoms with E-state index in [1.54, 1.807) is 30.3 Å². The van der Waals surface area contributed by atoms with Crippen LogP contribution in [0.25, 0.3) is 11.3 Å². The molecule has 2 aromatic carbocycles. The van der Waals surface area contributed by atoms with E-state index in [1.165, 1.54) is 7.11 Å². The quantitative estimate of drug-likeness (QED) is 0.544. The van der Waals surface area contributed by atoms with Crippen LogP contribution >= 0.6 is 0 Å². The van der Waals surface area contributed by atoms with Crippen LogP contribution in [0.3, 0.4) is 0 Å². The predicted octanol–water partition coefficient (Wildman–Crippen LogP) is 3.57. The lowest BCUT2D eigenvalue weighted by atomic mass is 10.2. The molecule has 0 spiro atoms. The number of para-hydroxylation sites is 2. The molecule has 0 aliphatic carbocycles. The standard InChI is InChI=1S/C17H13NO4/c1-20-14-9-5-6-10-15(14)21-17(19)13-11-16(22-18-13)12-7-3-2-4-8-12/h2-11H,1H3. The molecule has 0 saturated carbocycles. The van der Waals surface area contributed by atoms with Crippen LogP contribution in [0.2, 0.25) is 0 Å². The molecule has 0 unspecified atom stereocenters. The summed E-state index contributed by atoms with van der Waals surface area (Å²) in [6.07, 6.45) is 0. The van der Waals surface area contributed by atoms with Gasteiger partial charge in [-0.25, -0.2) is 4.79 Å². The molecule has 0 radical (unpaired) electrons. The molecule has 3 rings (SSSR count). The first-order valence-corrected chi connectivity index (χ1v) is 6.65. The lowest BCUT2D eigenvalue weighted by Crippen LogP contribution is -2.09. The van der Waals surface area contributed by atoms with E-state index in [9.17, 15) is 4.79 Å². The summed E-state index contributed by atoms with van der Waals surface area (Å²) in [7, 11) is 1.51. The van der Waals surface area contributed by atoms with Gasteiger partial charge in [0.15, 0.2) is 23.0 Å². The minimum absolute atomic E-state index is 0.102. The number of carbonyl (C=O) groups is 1. The smallest absolute Gasteiger partial charge is 0.366 e. The Labute approximate surface area is 127 Å². The van der Waals surface area contributed by atoms with Crippen LogP contribution in [-0.2, 0) is 0 Å². The highest BCUT2D eigenvalue weighted by Crippen LogP contribution is 2.27. The van der Waals surface area contributed by atoms with Gasteiger partial charge in [0.2, 0.25) is 0 Å². The summed E-state index contributed by atoms with van der Waals surface area (Å²) in [6, 6.07) is 17.9. The van der Waals surface area contributed by atoms with E-state index in [0.717, 1.165) is 5.56 Å². The largest absolute Gasteiger partial charge is 0.493 e. The van der Waals surface area contributed by atoms with Crippen molar-refractivity contribution in [3.8, 4) is 22.8 Å². The van der Waals surface area contributed by atoms with Crippen LogP contribution in [0.1, 0.15) is 10.5 Å². The number of hydrogen-bond acceptors (Lipinski definition) is 5. The highest BCUT2D eigenvalue weighted by molar-refractivity contribution is 5.90. The second kappa shape index (κ2) is 6.13. The lowest BCUT2D eigenvalue weighted by molar-refractivity contribution is 0.0719. The highest BCUT2D eigenvalue weighted by Gasteiger charge is 2.17. The molecular weight excluding hydrogens is 282 g/mol. The minimum Gasteiger partial charge on any atom is -0.493 e. The maximum atomic E-state index is 12.1. The summed E-state index contributed by atoms with van der Waals surface area (Å²) in [5.41, 5.74) is 0.941. The molecule has 22 heavy (non-hydrogen) atoms. The predicted molar refractivity (Wildman–Crippen MR) is 79.9 cm³/mol. The summed E-state index contributed by atoms with van der Waals surface area (Å²) in [5.74, 6) is 0.713. The maximum absolute atomic E-state index is 12.1. The summed E-state index contributed by atoms with van der Waals surface area (Å²) in [4.78, 5) is 12.1. The zero-order valence-corrected chi connectivity index (χ0v) is 11.9. The Hall–Kier alpha value is -3.08. The molecule has 1 aromatic heterocycles. The van der Waals surface area contributed by atoms with Gasteiger partial charge in [0.25, 0.3) is 0 Å². The van der Waals surface area contributed by atoms with E-state index >= 15 is 0 Å². The number of nitrogens with zero attached hydrogens (tertiary/aromatic N) is 1. The Kier molecular flexibility index (Phi) is 3.87. The molecule has 0 amide bonds. The maximum Gasteiger partial charge on any atom is 0.366 e. The lowest BCUT2D eigenvalue weighted by Gasteiger charge is -2.06. The van der Waals surface area contributed by atoms with Gasteiger partial charge in [0.05, 0.1) is 7.11 Å². The number of hydrogen-bond donors (Lipinski definition) is 0. The Bertz CT molecular complexity index is 780. The van der Waals surface area contributed by atoms with Gasteiger partial charge in [-0.3, -0.25) is 0 Å². The first-order chi connectivity index (χ1) is 10.8. The van der Waals surface area contributed by atoms with Crippen molar-refractivity contribution >= 4 is 5.97 Å². The Morgan fingerprint density at radius 3 is 2.41 bits per heavy atom. The van der Waals surface area contributed by atoms with Gasteiger partial charge in [-0.2, -0.15) is 0 Å². The van der Waals surface area contributed by atoms with Gasteiger partial charge in [-0.15, -0.1) is 0 Å². The molecule has 0 atom stereocenters. The Morgan fingerprint density at radius 2 is 1.68 bits per heavy atom. The van der Waals surface area contributed by atoms with Crippen LogP contribution < -0.4 is 9.47 Å². The van der Waals surface area contributed by atoms with Gasteiger partial charge in [0.1, 0.15) is 0 Å². The van der Waals surface area contributed by atoms with E-state index < -0.39 is 5.97 Å². The number of rotatable bonds is 4. The Balaban J connectivity index is 1.80. The van der Waals surface area contributed by atoms with Crippen LogP contribution in [0.15, 0.2) is 65.2 Å². The number of ether oxygens (including phenoxy) is 2. The normalized spacial score (nSPS) is 10.2. The fourth-order valence-corrected chi connectivity index (χ4v) is 1.97. The average molecular weight is 295 g/mol. The van der Waals surface area contributed by atoms with Crippen molar-refractivity contribution < 1.29 is 18.8 Å². The molecule has 1 heterocycles. The van der Waals surface area contributed by atoms with Crippen molar-refractivity contribution in [2.75, 3.05) is 7.11 Å². The number of benzene rings is 2. The average Bonchev–Trinajstić information content (AvgIpc) is 3.06. The molecule has 0 bridgehead atoms. The second-order valence-electron chi connectivity index (χ2n) is 4.48. The van der Waals surface area contributed by atoms with E-state index in [4.69, 9.17) is 14.0 Å². The van der Waals surface area contributed by atoms with E-state index in [-0.39, 0.29) is 5.69 Å². The van der Waals surface area contributed by atoms with Gasteiger partial charge < -0.3 is 14.0 Å². The van der Waals surface area contributed by atoms with Crippen LogP contribution in [-0.4, -0.2) is 18.2 Å². The monoisotopic (exact) mass is 295 g/mol. The molecule has 0 saturated heterocycles. The number of aromatic nitrogens is 1. The van der Waals surface area contributed by atoms with Crippen molar-refractivity contribution in [2.45, 2.75) is 0 Å². The summed E-state index contributed by atoms with van der Waals surface area (Å²) >= 11 is 0. The molecular formula is C17H13NO4. The zero-order valence-electron chi connectivity index (χ0n) is 11.9. The molecule has 0 fully saturated rings. The molecule has 0 N–H and O–H groups in total. The van der Waals surface area contributed by atoms with Crippen LogP contribution in [0, 0.1) is 0 Å². The van der Waals surface area contributed by atoms with Crippen molar-refractivity contribution in [2.24, 2.45) is 0 Å². The number of methoxy groups -OCH3 is 1. The van der Waals surface area contributed by atoms with E-state index in [2.05, 4.69) is 5.16 Å². The molecule has 0 aliphatic rings. The third-order valence-electron chi connectivity index (χ3n) is 3.05. The van der Waals surface area contributed by atoms with Gasteiger partial charge in [-0.1, -0.05) is 47.6 Å². The molecule has 110 valence electrons. The molecule has 5 nitrogen and oxygen atoms in total. The van der Waals surface area contributed by atoms with Crippen LogP contribution in [0.5, 0.6) is 11.5 Å². The fourth-order valence-electron chi connectivity index (χ4n) is 1.97. The second-order valence-corrected chi connectivity index (χ2v) is 4.48. The fraction of sp³-hybridized carbons (Fsp3) is 0.0588. The highest BCUT2D eigenvalue weighted by atomic mass is 16.6. The van der Waals surface area contributed by atoms with E-state index in [0.29, 0.717) is 17.3 Å². The van der Waals surface area contributed by atoms with Crippen LogP contribution in [0.4, 0.5) is 0 Å².